The predicted molar refractivity (Wildman–Crippen MR) is 119 cm³/mol. The molecule has 1 aliphatic rings. The average molecular weight is 488 g/mol. The summed E-state index contributed by atoms with van der Waals surface area (Å²) in [6.07, 6.45) is 6.34. The summed E-state index contributed by atoms with van der Waals surface area (Å²) >= 11 is 3.58. The number of aromatic carboxylic acids is 1. The fourth-order valence-electron chi connectivity index (χ4n) is 4.04. The van der Waals surface area contributed by atoms with Gasteiger partial charge in [-0.2, -0.15) is 0 Å². The van der Waals surface area contributed by atoms with Gasteiger partial charge >= 0.3 is 29.6 Å². The number of rotatable bonds is 6. The third-order valence-corrected chi connectivity index (χ3v) is 6.09. The van der Waals surface area contributed by atoms with Crippen LogP contribution in [0.1, 0.15) is 42.6 Å². The van der Waals surface area contributed by atoms with Crippen LogP contribution < -0.4 is 39.4 Å². The summed E-state index contributed by atoms with van der Waals surface area (Å²) in [7, 11) is 0. The van der Waals surface area contributed by atoms with E-state index in [0.717, 1.165) is 33.5 Å². The molecule has 0 bridgehead atoms. The van der Waals surface area contributed by atoms with Crippen LogP contribution in [0.2, 0.25) is 0 Å². The molecule has 3 aromatic rings. The quantitative estimate of drug-likeness (QED) is 0.501. The second-order valence-electron chi connectivity index (χ2n) is 7.70. The van der Waals surface area contributed by atoms with E-state index in [1.165, 1.54) is 38.2 Å². The molecule has 31 heavy (non-hydrogen) atoms. The summed E-state index contributed by atoms with van der Waals surface area (Å²) in [6.45, 7) is 0.717. The number of aromatic nitrogens is 1. The van der Waals surface area contributed by atoms with Gasteiger partial charge in [0.1, 0.15) is 5.75 Å². The molecule has 1 aromatic heterocycles. The normalized spacial score (nSPS) is 14.0. The van der Waals surface area contributed by atoms with Gasteiger partial charge in [0.05, 0.1) is 24.0 Å². The zero-order valence-electron chi connectivity index (χ0n) is 17.6. The zero-order chi connectivity index (χ0) is 20.9. The molecule has 1 aliphatic carbocycles. The molecule has 0 radical (unpaired) electrons. The molecule has 154 valence electrons. The van der Waals surface area contributed by atoms with Crippen molar-refractivity contribution in [1.29, 1.82) is 0 Å². The van der Waals surface area contributed by atoms with Crippen molar-refractivity contribution in [2.24, 2.45) is 5.92 Å². The molecule has 0 aliphatic heterocycles. The molecule has 1 heterocycles. The maximum atomic E-state index is 11.3. The van der Waals surface area contributed by atoms with Gasteiger partial charge in [-0.25, -0.2) is 4.98 Å². The molecule has 0 N–H and O–H groups in total. The minimum absolute atomic E-state index is 0. The summed E-state index contributed by atoms with van der Waals surface area (Å²) in [5.74, 6) is 0.146. The molecule has 6 heteroatoms. The predicted octanol–water partition coefficient (Wildman–Crippen LogP) is 2.50. The van der Waals surface area contributed by atoms with E-state index in [9.17, 15) is 9.90 Å². The summed E-state index contributed by atoms with van der Waals surface area (Å²) in [5.41, 5.74) is 3.26. The van der Waals surface area contributed by atoms with Gasteiger partial charge in [-0.3, -0.25) is 0 Å². The van der Waals surface area contributed by atoms with Gasteiger partial charge in [0.25, 0.3) is 0 Å². The standard InChI is InChI=1S/C25H24BrNO3.Na/c26-18-13-14-24(30-16-17-7-2-1-3-8-17)21(15-18)19-9-4-5-10-20(19)22-11-6-12-23(27-22)25(28)29;/h4-6,9-15,17H,1-3,7-8,16H2,(H,28,29);/q;+1/p-1. The van der Waals surface area contributed by atoms with E-state index < -0.39 is 5.97 Å². The Morgan fingerprint density at radius 1 is 0.968 bits per heavy atom. The van der Waals surface area contributed by atoms with Crippen molar-refractivity contribution in [2.75, 3.05) is 6.61 Å². The summed E-state index contributed by atoms with van der Waals surface area (Å²) in [4.78, 5) is 15.6. The Morgan fingerprint density at radius 3 is 2.45 bits per heavy atom. The maximum absolute atomic E-state index is 11.3. The van der Waals surface area contributed by atoms with Crippen molar-refractivity contribution in [3.63, 3.8) is 0 Å². The van der Waals surface area contributed by atoms with Crippen LogP contribution in [-0.2, 0) is 0 Å². The molecule has 4 rings (SSSR count). The molecular weight excluding hydrogens is 465 g/mol. The number of halogens is 1. The molecule has 0 saturated heterocycles. The Kier molecular flexibility index (Phi) is 8.73. The number of carbonyl (C=O) groups is 1. The van der Waals surface area contributed by atoms with Gasteiger partial charge in [-0.1, -0.05) is 65.5 Å². The van der Waals surface area contributed by atoms with Gasteiger partial charge in [-0.15, -0.1) is 0 Å². The van der Waals surface area contributed by atoms with Gasteiger partial charge < -0.3 is 14.6 Å². The van der Waals surface area contributed by atoms with Crippen LogP contribution in [0.15, 0.2) is 65.1 Å². The van der Waals surface area contributed by atoms with Gasteiger partial charge in [-0.05, 0) is 54.7 Å². The molecule has 0 spiro atoms. The third kappa shape index (κ3) is 5.98. The van der Waals surface area contributed by atoms with Crippen LogP contribution in [0, 0.1) is 5.92 Å². The monoisotopic (exact) mass is 487 g/mol. The minimum atomic E-state index is -1.28. The second kappa shape index (κ2) is 11.3. The first-order valence-electron chi connectivity index (χ1n) is 10.3. The number of benzene rings is 2. The van der Waals surface area contributed by atoms with E-state index in [1.54, 1.807) is 6.07 Å². The SMILES string of the molecule is O=C([O-])c1cccc(-c2ccccc2-c2cc(Br)ccc2OCC2CCCCC2)n1.[Na+]. The topological polar surface area (TPSA) is 62.2 Å². The zero-order valence-corrected chi connectivity index (χ0v) is 21.2. The van der Waals surface area contributed by atoms with Crippen LogP contribution in [0.5, 0.6) is 5.75 Å². The number of carboxylic acids is 1. The first-order chi connectivity index (χ1) is 14.6. The van der Waals surface area contributed by atoms with Crippen LogP contribution in [0.25, 0.3) is 22.4 Å². The molecule has 1 saturated carbocycles. The fourth-order valence-corrected chi connectivity index (χ4v) is 4.40. The Balaban J connectivity index is 0.00000272. The summed E-state index contributed by atoms with van der Waals surface area (Å²) < 4.78 is 7.25. The van der Waals surface area contributed by atoms with Crippen LogP contribution in [0.3, 0.4) is 0 Å². The van der Waals surface area contributed by atoms with Crippen LogP contribution in [0.4, 0.5) is 0 Å². The first-order valence-corrected chi connectivity index (χ1v) is 11.1. The van der Waals surface area contributed by atoms with Crippen LogP contribution in [-0.4, -0.2) is 17.6 Å². The fraction of sp³-hybridized carbons (Fsp3) is 0.280. The molecule has 0 unspecified atom stereocenters. The van der Waals surface area contributed by atoms with Gasteiger partial charge in [0, 0.05) is 15.6 Å². The molecular formula is C25H23BrNNaO3. The van der Waals surface area contributed by atoms with E-state index in [-0.39, 0.29) is 35.3 Å². The van der Waals surface area contributed by atoms with E-state index >= 15 is 0 Å². The molecule has 1 fully saturated rings. The number of carbonyl (C=O) groups excluding carboxylic acids is 1. The number of carboxylic acid groups (broad SMARTS) is 1. The van der Waals surface area contributed by atoms with Crippen molar-refractivity contribution in [2.45, 2.75) is 32.1 Å². The Labute approximate surface area is 213 Å². The van der Waals surface area contributed by atoms with E-state index in [0.29, 0.717) is 11.6 Å². The molecule has 4 nitrogen and oxygen atoms in total. The molecule has 2 aromatic carbocycles. The largest absolute Gasteiger partial charge is 1.00 e. The minimum Gasteiger partial charge on any atom is -0.543 e. The Bertz CT molecular complexity index is 1050. The summed E-state index contributed by atoms with van der Waals surface area (Å²) in [6, 6.07) is 18.8. The number of ether oxygens (including phenoxy) is 1. The number of hydrogen-bond donors (Lipinski definition) is 0. The number of nitrogens with zero attached hydrogens (tertiary/aromatic N) is 1. The maximum Gasteiger partial charge on any atom is 1.00 e. The smallest absolute Gasteiger partial charge is 0.543 e. The van der Waals surface area contributed by atoms with E-state index in [2.05, 4.69) is 20.9 Å². The second-order valence-corrected chi connectivity index (χ2v) is 8.61. The first kappa shape index (κ1) is 24.0. The Morgan fingerprint density at radius 2 is 1.71 bits per heavy atom. The van der Waals surface area contributed by atoms with Crippen molar-refractivity contribution in [1.82, 2.24) is 4.98 Å². The summed E-state index contributed by atoms with van der Waals surface area (Å²) in [5, 5.41) is 11.3. The Hall–Kier alpha value is -1.66. The molecule has 0 atom stereocenters. The van der Waals surface area contributed by atoms with Crippen molar-refractivity contribution in [3.05, 3.63) is 70.8 Å². The number of pyridine rings is 1. The third-order valence-electron chi connectivity index (χ3n) is 5.59. The molecule has 0 amide bonds. The number of hydrogen-bond acceptors (Lipinski definition) is 4. The van der Waals surface area contributed by atoms with Gasteiger partial charge in [0.15, 0.2) is 0 Å². The van der Waals surface area contributed by atoms with Crippen molar-refractivity contribution < 1.29 is 44.2 Å². The van der Waals surface area contributed by atoms with E-state index in [4.69, 9.17) is 4.74 Å². The van der Waals surface area contributed by atoms with Crippen molar-refractivity contribution >= 4 is 21.9 Å². The van der Waals surface area contributed by atoms with Gasteiger partial charge in [0.2, 0.25) is 0 Å². The van der Waals surface area contributed by atoms with Crippen molar-refractivity contribution in [3.8, 4) is 28.1 Å². The average Bonchev–Trinajstić information content (AvgIpc) is 2.79. The van der Waals surface area contributed by atoms with E-state index in [1.807, 2.05) is 48.5 Å². The van der Waals surface area contributed by atoms with Crippen LogP contribution >= 0.6 is 15.9 Å².